The molecule has 8 heteroatoms. The van der Waals surface area contributed by atoms with E-state index in [0.29, 0.717) is 18.0 Å². The van der Waals surface area contributed by atoms with E-state index < -0.39 is 17.7 Å². The van der Waals surface area contributed by atoms with E-state index >= 15 is 0 Å². The molecule has 1 saturated heterocycles. The number of benzene rings is 2. The first-order valence-corrected chi connectivity index (χ1v) is 8.96. The van der Waals surface area contributed by atoms with Crippen LogP contribution in [-0.2, 0) is 35.3 Å². The highest BCUT2D eigenvalue weighted by molar-refractivity contribution is 6.15. The summed E-state index contributed by atoms with van der Waals surface area (Å²) in [4.78, 5) is 40.2. The lowest BCUT2D eigenvalue weighted by Gasteiger charge is -2.29. The minimum atomic E-state index is -1.26. The number of aryl methyl sites for hydroxylation is 1. The molecule has 0 bridgehead atoms. The van der Waals surface area contributed by atoms with Gasteiger partial charge in [-0.3, -0.25) is 0 Å². The molecule has 30 heavy (non-hydrogen) atoms. The molecule has 2 aromatic rings. The van der Waals surface area contributed by atoms with Crippen LogP contribution in [0.1, 0.15) is 25.0 Å². The summed E-state index contributed by atoms with van der Waals surface area (Å²) in [6.07, 6.45) is 1.53. The van der Waals surface area contributed by atoms with Gasteiger partial charge in [-0.05, 0) is 24.1 Å². The normalized spacial score (nSPS) is 14.3. The third kappa shape index (κ3) is 6.32. The van der Waals surface area contributed by atoms with Gasteiger partial charge in [0.2, 0.25) is 0 Å². The number of esters is 2. The molecule has 0 atom stereocenters. The number of rotatable bonds is 5. The van der Waals surface area contributed by atoms with E-state index in [9.17, 15) is 9.59 Å². The van der Waals surface area contributed by atoms with Crippen molar-refractivity contribution in [1.29, 1.82) is 0 Å². The average Bonchev–Trinajstić information content (AvgIpc) is 2.68. The summed E-state index contributed by atoms with van der Waals surface area (Å²) in [7, 11) is 0. The summed E-state index contributed by atoms with van der Waals surface area (Å²) in [6, 6.07) is 15.4. The number of cyclic esters (lactones) is 2. The molecule has 0 amide bonds. The molecular weight excluding hydrogens is 390 g/mol. The summed E-state index contributed by atoms with van der Waals surface area (Å²) in [5.41, 5.74) is 2.51. The standard InChI is InChI=1S/C21H21NO5.CO2/c1-14-9-10-16(11-18(14)25-13-15-7-5-4-6-8-15)22-12-17-19(23)26-21(2,3)27-20(17)24;2-1-3/h4-12,22H,13H2,1-3H3;. The van der Waals surface area contributed by atoms with Crippen LogP contribution in [0.25, 0.3) is 0 Å². The van der Waals surface area contributed by atoms with Gasteiger partial charge in [0, 0.05) is 31.8 Å². The molecule has 0 saturated carbocycles. The third-order valence-electron chi connectivity index (χ3n) is 3.93. The van der Waals surface area contributed by atoms with E-state index in [1.807, 2.05) is 49.4 Å². The van der Waals surface area contributed by atoms with Gasteiger partial charge >= 0.3 is 18.1 Å². The van der Waals surface area contributed by atoms with Gasteiger partial charge in [0.1, 0.15) is 12.4 Å². The lowest BCUT2D eigenvalue weighted by atomic mass is 10.2. The van der Waals surface area contributed by atoms with Crippen LogP contribution in [0, 0.1) is 6.92 Å². The molecule has 8 nitrogen and oxygen atoms in total. The Bertz CT molecular complexity index is 952. The van der Waals surface area contributed by atoms with E-state index in [0.717, 1.165) is 11.1 Å². The second-order valence-corrected chi connectivity index (χ2v) is 6.72. The fourth-order valence-corrected chi connectivity index (χ4v) is 2.51. The lowest BCUT2D eigenvalue weighted by molar-refractivity contribution is -0.222. The first kappa shape index (κ1) is 22.4. The summed E-state index contributed by atoms with van der Waals surface area (Å²) < 4.78 is 16.0. The first-order valence-electron chi connectivity index (χ1n) is 8.96. The monoisotopic (exact) mass is 411 g/mol. The van der Waals surface area contributed by atoms with Crippen molar-refractivity contribution in [3.63, 3.8) is 0 Å². The highest BCUT2D eigenvalue weighted by atomic mass is 16.7. The molecule has 3 rings (SSSR count). The molecule has 0 aliphatic carbocycles. The van der Waals surface area contributed by atoms with Gasteiger partial charge in [-0.2, -0.15) is 9.59 Å². The molecule has 1 aliphatic rings. The van der Waals surface area contributed by atoms with Crippen LogP contribution in [0.3, 0.4) is 0 Å². The number of hydrogen-bond donors (Lipinski definition) is 1. The molecule has 156 valence electrons. The molecule has 2 aromatic carbocycles. The van der Waals surface area contributed by atoms with Crippen molar-refractivity contribution in [3.8, 4) is 5.75 Å². The maximum Gasteiger partial charge on any atom is 0.373 e. The van der Waals surface area contributed by atoms with Crippen LogP contribution < -0.4 is 10.1 Å². The van der Waals surface area contributed by atoms with Crippen LogP contribution in [0.2, 0.25) is 0 Å². The quantitative estimate of drug-likeness (QED) is 0.454. The van der Waals surface area contributed by atoms with Crippen molar-refractivity contribution in [2.24, 2.45) is 0 Å². The van der Waals surface area contributed by atoms with Crippen LogP contribution >= 0.6 is 0 Å². The molecular formula is C22H21NO7. The fraction of sp³-hybridized carbons (Fsp3) is 0.227. The predicted molar refractivity (Wildman–Crippen MR) is 105 cm³/mol. The maximum atomic E-state index is 12.0. The maximum absolute atomic E-state index is 12.0. The number of nitrogens with one attached hydrogen (secondary N) is 1. The zero-order valence-corrected chi connectivity index (χ0v) is 16.8. The number of carbonyl (C=O) groups is 2. The smallest absolute Gasteiger partial charge is 0.373 e. The Morgan fingerprint density at radius 1 is 1.03 bits per heavy atom. The number of anilines is 1. The van der Waals surface area contributed by atoms with Gasteiger partial charge in [-0.25, -0.2) is 9.59 Å². The topological polar surface area (TPSA) is 108 Å². The SMILES string of the molecule is Cc1ccc(NC=C2C(=O)OC(C)(C)OC2=O)cc1OCc1ccccc1.O=C=O. The number of ether oxygens (including phenoxy) is 3. The van der Waals surface area contributed by atoms with Crippen molar-refractivity contribution in [2.75, 3.05) is 5.32 Å². The molecule has 1 heterocycles. The molecule has 1 N–H and O–H groups in total. The zero-order valence-electron chi connectivity index (χ0n) is 16.8. The van der Waals surface area contributed by atoms with Crippen molar-refractivity contribution in [1.82, 2.24) is 0 Å². The molecule has 0 radical (unpaired) electrons. The van der Waals surface area contributed by atoms with Crippen molar-refractivity contribution < 1.29 is 33.4 Å². The van der Waals surface area contributed by atoms with Crippen molar-refractivity contribution >= 4 is 23.8 Å². The zero-order chi connectivity index (χ0) is 22.1. The van der Waals surface area contributed by atoms with Gasteiger partial charge < -0.3 is 19.5 Å². The van der Waals surface area contributed by atoms with E-state index in [-0.39, 0.29) is 11.7 Å². The Kier molecular flexibility index (Phi) is 7.50. The summed E-state index contributed by atoms with van der Waals surface area (Å²) in [6.45, 7) is 5.40. The highest BCUT2D eigenvalue weighted by Gasteiger charge is 2.38. The van der Waals surface area contributed by atoms with Crippen molar-refractivity contribution in [2.45, 2.75) is 33.2 Å². The third-order valence-corrected chi connectivity index (χ3v) is 3.93. The Morgan fingerprint density at radius 2 is 1.63 bits per heavy atom. The van der Waals surface area contributed by atoms with Gasteiger partial charge in [-0.15, -0.1) is 0 Å². The molecule has 1 aliphatic heterocycles. The molecule has 0 aromatic heterocycles. The Labute approximate surface area is 173 Å². The lowest BCUT2D eigenvalue weighted by Crippen LogP contribution is -2.42. The van der Waals surface area contributed by atoms with Crippen molar-refractivity contribution in [3.05, 3.63) is 71.4 Å². The second-order valence-electron chi connectivity index (χ2n) is 6.72. The van der Waals surface area contributed by atoms with Gasteiger partial charge in [0.05, 0.1) is 0 Å². The van der Waals surface area contributed by atoms with E-state index in [2.05, 4.69) is 5.32 Å². The fourth-order valence-electron chi connectivity index (χ4n) is 2.51. The average molecular weight is 411 g/mol. The van der Waals surface area contributed by atoms with Gasteiger partial charge in [-0.1, -0.05) is 36.4 Å². The predicted octanol–water partition coefficient (Wildman–Crippen LogP) is 3.12. The molecule has 0 spiro atoms. The van der Waals surface area contributed by atoms with Crippen LogP contribution in [0.4, 0.5) is 5.69 Å². The Hall–Kier alpha value is -3.90. The Balaban J connectivity index is 0.00000101. The van der Waals surface area contributed by atoms with Gasteiger partial charge in [0.25, 0.3) is 5.79 Å². The highest BCUT2D eigenvalue weighted by Crippen LogP contribution is 2.25. The summed E-state index contributed by atoms with van der Waals surface area (Å²) in [5.74, 6) is -2.00. The van der Waals surface area contributed by atoms with E-state index in [1.54, 1.807) is 6.07 Å². The summed E-state index contributed by atoms with van der Waals surface area (Å²) >= 11 is 0. The second kappa shape index (κ2) is 10.0. The summed E-state index contributed by atoms with van der Waals surface area (Å²) in [5, 5.41) is 2.92. The Morgan fingerprint density at radius 3 is 2.23 bits per heavy atom. The minimum Gasteiger partial charge on any atom is -0.489 e. The van der Waals surface area contributed by atoms with Crippen LogP contribution in [0.5, 0.6) is 5.75 Å². The van der Waals surface area contributed by atoms with Crippen LogP contribution in [-0.4, -0.2) is 23.9 Å². The van der Waals surface area contributed by atoms with E-state index in [4.69, 9.17) is 23.8 Å². The molecule has 0 unspecified atom stereocenters. The largest absolute Gasteiger partial charge is 0.489 e. The molecule has 1 fully saturated rings. The van der Waals surface area contributed by atoms with Crippen LogP contribution in [0.15, 0.2) is 60.3 Å². The van der Waals surface area contributed by atoms with E-state index in [1.165, 1.54) is 20.0 Å². The number of hydrogen-bond acceptors (Lipinski definition) is 8. The number of carbonyl (C=O) groups excluding carboxylic acids is 4. The first-order chi connectivity index (χ1) is 14.3. The minimum absolute atomic E-state index is 0.193. The van der Waals surface area contributed by atoms with Gasteiger partial charge in [0.15, 0.2) is 5.57 Å².